The highest BCUT2D eigenvalue weighted by Crippen LogP contribution is 2.35. The normalized spacial score (nSPS) is 13.8. The molecule has 0 spiro atoms. The standard InChI is InChI=1S/C24H24ClN3O2/c1-15-7-10-17(11-8-15)24-23(19-5-3-4-6-22(19)28(24)26)20(14-27(29)30)18-12-9-16(2)13-21(18)25/h5-13,20H,3-4,14,26H2,1-2H3. The Hall–Kier alpha value is -3.05. The quantitative estimate of drug-likeness (QED) is 0.385. The lowest BCUT2D eigenvalue weighted by Gasteiger charge is -2.18. The van der Waals surface area contributed by atoms with Crippen LogP contribution in [0.3, 0.4) is 0 Å². The summed E-state index contributed by atoms with van der Waals surface area (Å²) in [5, 5.41) is 14.1. The minimum Gasteiger partial charge on any atom is -0.339 e. The van der Waals surface area contributed by atoms with Crippen molar-refractivity contribution in [2.24, 2.45) is 0 Å². The van der Waals surface area contributed by atoms with E-state index >= 15 is 0 Å². The summed E-state index contributed by atoms with van der Waals surface area (Å²) in [6.45, 7) is 3.73. The van der Waals surface area contributed by atoms with Crippen molar-refractivity contribution in [1.29, 1.82) is 0 Å². The molecule has 1 aromatic heterocycles. The van der Waals surface area contributed by atoms with E-state index < -0.39 is 5.92 Å². The van der Waals surface area contributed by atoms with E-state index in [0.717, 1.165) is 56.9 Å². The number of halogens is 1. The zero-order valence-corrected chi connectivity index (χ0v) is 17.8. The summed E-state index contributed by atoms with van der Waals surface area (Å²) in [4.78, 5) is 11.4. The second-order valence-electron chi connectivity index (χ2n) is 7.88. The summed E-state index contributed by atoms with van der Waals surface area (Å²) in [6, 6.07) is 13.8. The lowest BCUT2D eigenvalue weighted by atomic mass is 9.87. The van der Waals surface area contributed by atoms with Gasteiger partial charge in [0.1, 0.15) is 0 Å². The lowest BCUT2D eigenvalue weighted by Crippen LogP contribution is -2.36. The fourth-order valence-corrected chi connectivity index (χ4v) is 4.65. The van der Waals surface area contributed by atoms with E-state index in [4.69, 9.17) is 17.4 Å². The van der Waals surface area contributed by atoms with Gasteiger partial charge in [-0.15, -0.1) is 0 Å². The summed E-state index contributed by atoms with van der Waals surface area (Å²) < 4.78 is 1.68. The Kier molecular flexibility index (Phi) is 5.39. The van der Waals surface area contributed by atoms with E-state index in [1.807, 2.05) is 56.3 Å². The zero-order valence-electron chi connectivity index (χ0n) is 17.1. The fourth-order valence-electron chi connectivity index (χ4n) is 4.28. The summed E-state index contributed by atoms with van der Waals surface area (Å²) in [5.74, 6) is 6.06. The number of rotatable bonds is 5. The minimum atomic E-state index is -0.509. The molecule has 0 aliphatic heterocycles. The molecule has 2 aromatic carbocycles. The van der Waals surface area contributed by atoms with E-state index in [-0.39, 0.29) is 11.5 Å². The second-order valence-corrected chi connectivity index (χ2v) is 8.28. The van der Waals surface area contributed by atoms with Crippen LogP contribution in [0.5, 0.6) is 0 Å². The predicted octanol–water partition coefficient (Wildman–Crippen LogP) is 3.90. The van der Waals surface area contributed by atoms with Crippen molar-refractivity contribution in [3.63, 3.8) is 0 Å². The highest BCUT2D eigenvalue weighted by atomic mass is 35.5. The molecule has 1 aliphatic rings. The Morgan fingerprint density at radius 2 is 1.77 bits per heavy atom. The molecule has 0 amide bonds. The van der Waals surface area contributed by atoms with Gasteiger partial charge in [-0.1, -0.05) is 65.7 Å². The first-order chi connectivity index (χ1) is 14.4. The number of hydrogen-bond donors (Lipinski definition) is 1. The molecule has 1 atom stereocenters. The maximum Gasteiger partial charge on any atom is 0.214 e. The van der Waals surface area contributed by atoms with Crippen molar-refractivity contribution in [3.05, 3.63) is 90.4 Å². The largest absolute Gasteiger partial charge is 0.339 e. The number of nitrogens with zero attached hydrogens (tertiary/aromatic N) is 2. The summed E-state index contributed by atoms with van der Waals surface area (Å²) in [5.41, 5.74) is 5.51. The van der Waals surface area contributed by atoms with Gasteiger partial charge in [0.2, 0.25) is 6.54 Å². The number of hydrogen-bond acceptors (Lipinski definition) is 3. The topological polar surface area (TPSA) is 74.1 Å². The number of fused-ring (bicyclic) bond motifs is 1. The van der Waals surface area contributed by atoms with Crippen molar-refractivity contribution in [1.82, 2.24) is 4.68 Å². The van der Waals surface area contributed by atoms with Gasteiger partial charge in [0, 0.05) is 26.3 Å². The molecule has 1 unspecified atom stereocenters. The maximum absolute atomic E-state index is 11.7. The molecular formula is C24H24ClN3O2. The molecule has 0 saturated carbocycles. The number of nitrogens with two attached hydrogens (primary N) is 1. The first-order valence-electron chi connectivity index (χ1n) is 10.0. The second kappa shape index (κ2) is 8.00. The number of nitro groups is 1. The van der Waals surface area contributed by atoms with Crippen molar-refractivity contribution in [2.75, 3.05) is 12.4 Å². The number of nitrogen functional groups attached to an aromatic ring is 1. The van der Waals surface area contributed by atoms with E-state index in [1.165, 1.54) is 0 Å². The molecule has 0 radical (unpaired) electrons. The molecule has 2 N–H and O–H groups in total. The molecule has 5 nitrogen and oxygen atoms in total. The highest BCUT2D eigenvalue weighted by molar-refractivity contribution is 6.31. The van der Waals surface area contributed by atoms with Gasteiger partial charge in [0.05, 0.1) is 17.0 Å². The van der Waals surface area contributed by atoms with Crippen LogP contribution in [0.25, 0.3) is 23.4 Å². The Bertz CT molecular complexity index is 1240. The molecule has 0 saturated heterocycles. The van der Waals surface area contributed by atoms with Gasteiger partial charge in [0.25, 0.3) is 0 Å². The molecule has 154 valence electrons. The van der Waals surface area contributed by atoms with Crippen LogP contribution in [0.4, 0.5) is 0 Å². The minimum absolute atomic E-state index is 0.258. The molecule has 30 heavy (non-hydrogen) atoms. The predicted molar refractivity (Wildman–Crippen MR) is 122 cm³/mol. The molecule has 6 heteroatoms. The van der Waals surface area contributed by atoms with Gasteiger partial charge in [-0.2, -0.15) is 0 Å². The van der Waals surface area contributed by atoms with Crippen LogP contribution in [-0.4, -0.2) is 16.1 Å². The Morgan fingerprint density at radius 3 is 2.43 bits per heavy atom. The van der Waals surface area contributed by atoms with Crippen LogP contribution >= 0.6 is 11.6 Å². The van der Waals surface area contributed by atoms with Crippen molar-refractivity contribution < 1.29 is 4.92 Å². The van der Waals surface area contributed by atoms with Crippen molar-refractivity contribution >= 4 is 23.8 Å². The van der Waals surface area contributed by atoms with Gasteiger partial charge in [-0.25, -0.2) is 0 Å². The fraction of sp³-hybridized carbons (Fsp3) is 0.250. The van der Waals surface area contributed by atoms with E-state index in [0.29, 0.717) is 5.02 Å². The number of benzene rings is 2. The summed E-state index contributed by atoms with van der Waals surface area (Å²) in [7, 11) is 0. The third-order valence-corrected chi connectivity index (χ3v) is 6.04. The lowest BCUT2D eigenvalue weighted by molar-refractivity contribution is -0.481. The van der Waals surface area contributed by atoms with Gasteiger partial charge in [0.15, 0.2) is 0 Å². The molecule has 3 aromatic rings. The van der Waals surface area contributed by atoms with Crippen LogP contribution in [0.15, 0.2) is 42.5 Å². The first kappa shape index (κ1) is 20.2. The SMILES string of the molecule is Cc1ccc(-c2c(C(C[N+](=O)[O-])c3ccc(C)cc3Cl)c3c(n2N)=CCCC=3)cc1. The summed E-state index contributed by atoms with van der Waals surface area (Å²) >= 11 is 6.59. The van der Waals surface area contributed by atoms with E-state index in [2.05, 4.69) is 12.2 Å². The van der Waals surface area contributed by atoms with Gasteiger partial charge < -0.3 is 5.84 Å². The Labute approximate surface area is 180 Å². The van der Waals surface area contributed by atoms with Gasteiger partial charge >= 0.3 is 0 Å². The summed E-state index contributed by atoms with van der Waals surface area (Å²) in [6.07, 6.45) is 6.02. The van der Waals surface area contributed by atoms with E-state index in [1.54, 1.807) is 4.68 Å². The molecular weight excluding hydrogens is 398 g/mol. The molecule has 1 heterocycles. The highest BCUT2D eigenvalue weighted by Gasteiger charge is 2.30. The average Bonchev–Trinajstić information content (AvgIpc) is 3.00. The zero-order chi connectivity index (χ0) is 21.4. The van der Waals surface area contributed by atoms with Crippen LogP contribution in [0, 0.1) is 24.0 Å². The van der Waals surface area contributed by atoms with Crippen LogP contribution in [-0.2, 0) is 0 Å². The number of aromatic nitrogens is 1. The average molecular weight is 422 g/mol. The monoisotopic (exact) mass is 421 g/mol. The van der Waals surface area contributed by atoms with Gasteiger partial charge in [-0.3, -0.25) is 14.8 Å². The van der Waals surface area contributed by atoms with E-state index in [9.17, 15) is 10.1 Å². The van der Waals surface area contributed by atoms with Crippen LogP contribution in [0.1, 0.15) is 41.0 Å². The smallest absolute Gasteiger partial charge is 0.214 e. The first-order valence-corrected chi connectivity index (χ1v) is 10.4. The Morgan fingerprint density at radius 1 is 1.10 bits per heavy atom. The maximum atomic E-state index is 11.7. The number of aryl methyl sites for hydroxylation is 2. The van der Waals surface area contributed by atoms with Crippen LogP contribution in [0.2, 0.25) is 5.02 Å². The van der Waals surface area contributed by atoms with Crippen molar-refractivity contribution in [2.45, 2.75) is 32.6 Å². The molecule has 0 fully saturated rings. The Balaban J connectivity index is 2.06. The van der Waals surface area contributed by atoms with Gasteiger partial charge in [-0.05, 0) is 43.9 Å². The molecule has 4 rings (SSSR count). The third-order valence-electron chi connectivity index (χ3n) is 5.71. The third kappa shape index (κ3) is 3.61. The molecule has 1 aliphatic carbocycles. The van der Waals surface area contributed by atoms with Crippen molar-refractivity contribution in [3.8, 4) is 11.3 Å². The van der Waals surface area contributed by atoms with Crippen LogP contribution < -0.4 is 16.4 Å². The molecule has 0 bridgehead atoms.